The number of hydrogen-bond acceptors (Lipinski definition) is 1. The summed E-state index contributed by atoms with van der Waals surface area (Å²) >= 11 is 0. The monoisotopic (exact) mass is 360 g/mol. The van der Waals surface area contributed by atoms with Crippen LogP contribution >= 0.6 is 0 Å². The molecule has 0 unspecified atom stereocenters. The number of rotatable bonds is 0. The van der Waals surface area contributed by atoms with Gasteiger partial charge in [0.15, 0.2) is 0 Å². The molecule has 2 heterocycles. The van der Waals surface area contributed by atoms with Crippen molar-refractivity contribution in [2.45, 2.75) is 0 Å². The Hall–Kier alpha value is -1.18. The molecule has 3 rings (SSSR count). The zero-order chi connectivity index (χ0) is 8.67. The van der Waals surface area contributed by atoms with Crippen molar-refractivity contribution in [1.82, 2.24) is 9.97 Å². The molecule has 3 aromatic rings. The third-order valence-corrected chi connectivity index (χ3v) is 2.24. The normalized spacial score (nSPS) is 10.3. The molecule has 1 radical (unpaired) electrons. The molecule has 0 fully saturated rings. The van der Waals surface area contributed by atoms with Gasteiger partial charge in [0, 0.05) is 26.3 Å². The van der Waals surface area contributed by atoms with Crippen LogP contribution in [0.4, 0.5) is 0 Å². The summed E-state index contributed by atoms with van der Waals surface area (Å²) in [5.74, 6) is 0. The first kappa shape index (κ1) is 9.38. The molecular formula is C11H7IrN2-. The predicted octanol–water partition coefficient (Wildman–Crippen LogP) is 2.34. The van der Waals surface area contributed by atoms with Gasteiger partial charge in [0.05, 0.1) is 5.52 Å². The molecular weight excluding hydrogens is 352 g/mol. The number of aromatic nitrogens is 2. The van der Waals surface area contributed by atoms with E-state index in [0.29, 0.717) is 0 Å². The van der Waals surface area contributed by atoms with Gasteiger partial charge < -0.3 is 4.98 Å². The zero-order valence-corrected chi connectivity index (χ0v) is 9.66. The number of hydrogen-bond donors (Lipinski definition) is 0. The standard InChI is InChI=1S/C11H7N2.Ir/c1-2-8-3-4-9-5-7-13-11(9)10(8)12-6-1;/h1-7H;/q-1;. The molecule has 0 atom stereocenters. The Morgan fingerprint density at radius 2 is 1.86 bits per heavy atom. The maximum Gasteiger partial charge on any atom is 0.0561 e. The quantitative estimate of drug-likeness (QED) is 0.616. The average Bonchev–Trinajstić information content (AvgIpc) is 2.65. The summed E-state index contributed by atoms with van der Waals surface area (Å²) in [7, 11) is 0. The Kier molecular flexibility index (Phi) is 2.36. The van der Waals surface area contributed by atoms with Gasteiger partial charge in [-0.2, -0.15) is 6.20 Å². The van der Waals surface area contributed by atoms with Gasteiger partial charge in [-0.1, -0.05) is 24.3 Å². The molecule has 0 bridgehead atoms. The van der Waals surface area contributed by atoms with Gasteiger partial charge in [0.25, 0.3) is 0 Å². The van der Waals surface area contributed by atoms with Crippen molar-refractivity contribution in [3.63, 3.8) is 0 Å². The Morgan fingerprint density at radius 3 is 2.79 bits per heavy atom. The summed E-state index contributed by atoms with van der Waals surface area (Å²) in [6.07, 6.45) is 3.62. The molecule has 0 saturated carbocycles. The van der Waals surface area contributed by atoms with Crippen molar-refractivity contribution in [3.8, 4) is 0 Å². The van der Waals surface area contributed by atoms with Crippen LogP contribution in [0.3, 0.4) is 0 Å². The first-order valence-electron chi connectivity index (χ1n) is 4.20. The molecule has 14 heavy (non-hydrogen) atoms. The molecule has 3 heteroatoms. The van der Waals surface area contributed by atoms with Crippen molar-refractivity contribution in [2.24, 2.45) is 0 Å². The van der Waals surface area contributed by atoms with E-state index in [4.69, 9.17) is 0 Å². The van der Waals surface area contributed by atoms with Crippen LogP contribution < -0.4 is 4.98 Å². The average molecular weight is 359 g/mol. The zero-order valence-electron chi connectivity index (χ0n) is 7.27. The van der Waals surface area contributed by atoms with Crippen LogP contribution in [0.25, 0.3) is 21.8 Å². The topological polar surface area (TPSA) is 27.0 Å². The summed E-state index contributed by atoms with van der Waals surface area (Å²) in [5, 5.41) is 2.31. The molecule has 0 aliphatic heterocycles. The number of pyridine rings is 1. The van der Waals surface area contributed by atoms with Crippen LogP contribution in [0.2, 0.25) is 0 Å². The smallest absolute Gasteiger partial charge is 0.0561 e. The third kappa shape index (κ3) is 1.26. The summed E-state index contributed by atoms with van der Waals surface area (Å²) in [6, 6.07) is 10.1. The van der Waals surface area contributed by atoms with Gasteiger partial charge in [0.2, 0.25) is 0 Å². The van der Waals surface area contributed by atoms with Crippen molar-refractivity contribution in [1.29, 1.82) is 0 Å². The molecule has 2 aromatic heterocycles. The van der Waals surface area contributed by atoms with E-state index in [0.717, 1.165) is 21.8 Å². The number of benzene rings is 1. The van der Waals surface area contributed by atoms with Crippen LogP contribution in [-0.4, -0.2) is 4.98 Å². The van der Waals surface area contributed by atoms with E-state index < -0.39 is 0 Å². The molecule has 0 saturated heterocycles. The van der Waals surface area contributed by atoms with Crippen LogP contribution in [0.15, 0.2) is 42.7 Å². The van der Waals surface area contributed by atoms with Gasteiger partial charge in [-0.3, -0.25) is 4.98 Å². The van der Waals surface area contributed by atoms with E-state index in [9.17, 15) is 0 Å². The van der Waals surface area contributed by atoms with Crippen molar-refractivity contribution >= 4 is 21.8 Å². The van der Waals surface area contributed by atoms with Crippen LogP contribution in [-0.2, 0) is 20.1 Å². The predicted molar refractivity (Wildman–Crippen MR) is 52.6 cm³/mol. The minimum Gasteiger partial charge on any atom is -0.662 e. The maximum absolute atomic E-state index is 4.32. The van der Waals surface area contributed by atoms with Gasteiger partial charge in [-0.15, -0.1) is 5.52 Å². The van der Waals surface area contributed by atoms with Gasteiger partial charge in [-0.25, -0.2) is 0 Å². The van der Waals surface area contributed by atoms with Gasteiger partial charge in [0.1, 0.15) is 0 Å². The minimum absolute atomic E-state index is 0. The van der Waals surface area contributed by atoms with Crippen LogP contribution in [0.5, 0.6) is 0 Å². The summed E-state index contributed by atoms with van der Waals surface area (Å²) < 4.78 is 0. The second-order valence-corrected chi connectivity index (χ2v) is 3.02. The van der Waals surface area contributed by atoms with E-state index in [1.165, 1.54) is 0 Å². The van der Waals surface area contributed by atoms with Gasteiger partial charge in [-0.05, 0) is 16.8 Å². The molecule has 2 nitrogen and oxygen atoms in total. The van der Waals surface area contributed by atoms with Crippen LogP contribution in [0.1, 0.15) is 0 Å². The van der Waals surface area contributed by atoms with Crippen molar-refractivity contribution in [3.05, 3.63) is 42.7 Å². The number of fused-ring (bicyclic) bond motifs is 3. The Labute approximate surface area is 94.7 Å². The molecule has 0 amide bonds. The van der Waals surface area contributed by atoms with Crippen LogP contribution in [0, 0.1) is 0 Å². The first-order chi connectivity index (χ1) is 6.45. The van der Waals surface area contributed by atoms with Crippen molar-refractivity contribution in [2.75, 3.05) is 0 Å². The van der Waals surface area contributed by atoms with E-state index >= 15 is 0 Å². The fourth-order valence-electron chi connectivity index (χ4n) is 1.61. The summed E-state index contributed by atoms with van der Waals surface area (Å²) in [4.78, 5) is 8.60. The Bertz CT molecular complexity index is 571. The molecule has 71 valence electrons. The van der Waals surface area contributed by atoms with Gasteiger partial charge >= 0.3 is 0 Å². The van der Waals surface area contributed by atoms with E-state index in [-0.39, 0.29) is 20.1 Å². The number of nitrogens with zero attached hydrogens (tertiary/aromatic N) is 2. The molecule has 0 aliphatic rings. The second-order valence-electron chi connectivity index (χ2n) is 3.02. The second kappa shape index (κ2) is 3.52. The molecule has 1 aromatic carbocycles. The third-order valence-electron chi connectivity index (χ3n) is 2.24. The van der Waals surface area contributed by atoms with E-state index in [1.807, 2.05) is 18.3 Å². The minimum atomic E-state index is 0. The molecule has 0 spiro atoms. The molecule has 0 aliphatic carbocycles. The largest absolute Gasteiger partial charge is 0.662 e. The Balaban J connectivity index is 0.000000750. The SMILES string of the molecule is [Ir].c1cnc2c(c1)ccc1cc[n-]c12. The van der Waals surface area contributed by atoms with Crippen molar-refractivity contribution < 1.29 is 20.1 Å². The van der Waals surface area contributed by atoms with E-state index in [2.05, 4.69) is 28.2 Å². The molecule has 0 N–H and O–H groups in total. The summed E-state index contributed by atoms with van der Waals surface area (Å²) in [6.45, 7) is 0. The maximum atomic E-state index is 4.32. The first-order valence-corrected chi connectivity index (χ1v) is 4.20. The fraction of sp³-hybridized carbons (Fsp3) is 0. The Morgan fingerprint density at radius 1 is 1.00 bits per heavy atom. The fourth-order valence-corrected chi connectivity index (χ4v) is 1.61. The summed E-state index contributed by atoms with van der Waals surface area (Å²) in [5.41, 5.74) is 1.99. The van der Waals surface area contributed by atoms with E-state index in [1.54, 1.807) is 6.20 Å².